The van der Waals surface area contributed by atoms with Gasteiger partial charge in [0, 0.05) is 18.3 Å². The molecule has 110 valence electrons. The lowest BCUT2D eigenvalue weighted by molar-refractivity contribution is -0.138. The van der Waals surface area contributed by atoms with Gasteiger partial charge in [-0.3, -0.25) is 9.88 Å². The van der Waals surface area contributed by atoms with Crippen LogP contribution in [0.2, 0.25) is 0 Å². The van der Waals surface area contributed by atoms with Crippen LogP contribution in [-0.2, 0) is 6.18 Å². The van der Waals surface area contributed by atoms with Gasteiger partial charge >= 0.3 is 6.18 Å². The summed E-state index contributed by atoms with van der Waals surface area (Å²) in [5, 5.41) is 0. The fourth-order valence-electron chi connectivity index (χ4n) is 3.40. The third kappa shape index (κ3) is 2.49. The van der Waals surface area contributed by atoms with Crippen molar-refractivity contribution in [2.75, 3.05) is 13.7 Å². The molecule has 1 aliphatic carbocycles. The molecule has 3 unspecified atom stereocenters. The number of halogens is 3. The van der Waals surface area contributed by atoms with Crippen LogP contribution >= 0.6 is 0 Å². The number of aromatic nitrogens is 1. The highest BCUT2D eigenvalue weighted by Gasteiger charge is 2.44. The second-order valence-corrected chi connectivity index (χ2v) is 5.68. The number of nitrogens with zero attached hydrogens (tertiary/aromatic N) is 2. The minimum absolute atomic E-state index is 0.191. The van der Waals surface area contributed by atoms with Crippen LogP contribution < -0.4 is 4.74 Å². The average molecular weight is 286 g/mol. The molecule has 0 amide bonds. The predicted molar refractivity (Wildman–Crippen MR) is 67.4 cm³/mol. The number of piperidine rings is 1. The topological polar surface area (TPSA) is 25.4 Å². The highest BCUT2D eigenvalue weighted by molar-refractivity contribution is 5.25. The number of rotatable bonds is 3. The molecule has 2 aliphatic rings. The van der Waals surface area contributed by atoms with E-state index in [2.05, 4.69) is 16.9 Å². The lowest BCUT2D eigenvalue weighted by atomic mass is 10.00. The van der Waals surface area contributed by atoms with Crippen molar-refractivity contribution >= 4 is 0 Å². The number of alkyl halides is 3. The maximum atomic E-state index is 12.6. The molecule has 0 N–H and O–H groups in total. The van der Waals surface area contributed by atoms with Gasteiger partial charge in [0.25, 0.3) is 0 Å². The summed E-state index contributed by atoms with van der Waals surface area (Å²) in [5.41, 5.74) is -0.767. The van der Waals surface area contributed by atoms with E-state index < -0.39 is 11.7 Å². The Hall–Kier alpha value is -1.30. The fourth-order valence-corrected chi connectivity index (χ4v) is 3.40. The van der Waals surface area contributed by atoms with Crippen molar-refractivity contribution in [3.05, 3.63) is 24.0 Å². The summed E-state index contributed by atoms with van der Waals surface area (Å²) in [7, 11) is 2.07. The zero-order valence-corrected chi connectivity index (χ0v) is 11.2. The van der Waals surface area contributed by atoms with E-state index >= 15 is 0 Å². The van der Waals surface area contributed by atoms with E-state index in [9.17, 15) is 13.2 Å². The van der Waals surface area contributed by atoms with E-state index in [-0.39, 0.29) is 5.75 Å². The van der Waals surface area contributed by atoms with E-state index in [1.54, 1.807) is 0 Å². The molecular formula is C14H17F3N2O. The Morgan fingerprint density at radius 3 is 2.80 bits per heavy atom. The molecule has 6 heteroatoms. The molecule has 1 aromatic heterocycles. The minimum atomic E-state index is -4.38. The monoisotopic (exact) mass is 286 g/mol. The molecule has 1 saturated carbocycles. The van der Waals surface area contributed by atoms with Crippen molar-refractivity contribution in [2.45, 2.75) is 37.5 Å². The fraction of sp³-hybridized carbons (Fsp3) is 0.643. The Morgan fingerprint density at radius 1 is 1.35 bits per heavy atom. The van der Waals surface area contributed by atoms with Crippen molar-refractivity contribution < 1.29 is 17.9 Å². The van der Waals surface area contributed by atoms with Crippen LogP contribution in [0.5, 0.6) is 5.75 Å². The van der Waals surface area contributed by atoms with Crippen LogP contribution in [0.15, 0.2) is 18.5 Å². The van der Waals surface area contributed by atoms with Crippen LogP contribution in [0.25, 0.3) is 0 Å². The highest BCUT2D eigenvalue weighted by atomic mass is 19.4. The molecule has 1 aromatic rings. The van der Waals surface area contributed by atoms with Gasteiger partial charge in [0.05, 0.1) is 11.8 Å². The summed E-state index contributed by atoms with van der Waals surface area (Å²) in [6.07, 6.45) is 1.38. The Labute approximate surface area is 115 Å². The number of hydrogen-bond donors (Lipinski definition) is 0. The van der Waals surface area contributed by atoms with Crippen molar-refractivity contribution in [1.29, 1.82) is 0 Å². The second-order valence-electron chi connectivity index (χ2n) is 5.68. The van der Waals surface area contributed by atoms with E-state index in [1.807, 2.05) is 0 Å². The number of fused-ring (bicyclic) bond motifs is 2. The molecule has 3 rings (SSSR count). The van der Waals surface area contributed by atoms with E-state index in [0.29, 0.717) is 24.6 Å². The summed E-state index contributed by atoms with van der Waals surface area (Å²) >= 11 is 0. The van der Waals surface area contributed by atoms with E-state index in [0.717, 1.165) is 12.3 Å². The first-order valence-corrected chi connectivity index (χ1v) is 6.82. The second kappa shape index (κ2) is 4.91. The Morgan fingerprint density at radius 2 is 2.15 bits per heavy atom. The maximum absolute atomic E-state index is 12.6. The Balaban J connectivity index is 1.64. The van der Waals surface area contributed by atoms with Gasteiger partial charge in [0.1, 0.15) is 12.4 Å². The van der Waals surface area contributed by atoms with Crippen molar-refractivity contribution in [1.82, 2.24) is 9.88 Å². The summed E-state index contributed by atoms with van der Waals surface area (Å²) in [5.74, 6) is 0.805. The first-order valence-electron chi connectivity index (χ1n) is 6.82. The number of likely N-dealkylation sites (tertiary alicyclic amines) is 1. The molecule has 0 aromatic carbocycles. The maximum Gasteiger partial charge on any atom is 0.418 e. The van der Waals surface area contributed by atoms with Crippen LogP contribution in [0.3, 0.4) is 0 Å². The van der Waals surface area contributed by atoms with Gasteiger partial charge in [-0.25, -0.2) is 0 Å². The van der Waals surface area contributed by atoms with Crippen LogP contribution in [-0.4, -0.2) is 35.6 Å². The SMILES string of the molecule is CN1C2CCC(C2)C1COc1cncc(C(F)(F)F)c1. The molecule has 2 fully saturated rings. The number of pyridine rings is 1. The van der Waals surface area contributed by atoms with E-state index in [4.69, 9.17) is 4.74 Å². The van der Waals surface area contributed by atoms with Crippen LogP contribution in [0, 0.1) is 5.92 Å². The molecule has 1 saturated heterocycles. The highest BCUT2D eigenvalue weighted by Crippen LogP contribution is 2.41. The molecule has 2 heterocycles. The molecule has 3 atom stereocenters. The van der Waals surface area contributed by atoms with Crippen molar-refractivity contribution in [2.24, 2.45) is 5.92 Å². The average Bonchev–Trinajstić information content (AvgIpc) is 2.97. The third-order valence-electron chi connectivity index (χ3n) is 4.55. The number of hydrogen-bond acceptors (Lipinski definition) is 3. The van der Waals surface area contributed by atoms with E-state index in [1.165, 1.54) is 25.5 Å². The van der Waals surface area contributed by atoms with Gasteiger partial charge in [-0.1, -0.05) is 0 Å². The van der Waals surface area contributed by atoms with Gasteiger partial charge in [0.2, 0.25) is 0 Å². The van der Waals surface area contributed by atoms with Gasteiger partial charge in [-0.05, 0) is 38.3 Å². The summed E-state index contributed by atoms with van der Waals surface area (Å²) in [6.45, 7) is 0.431. The summed E-state index contributed by atoms with van der Waals surface area (Å²) < 4.78 is 43.3. The van der Waals surface area contributed by atoms with Crippen LogP contribution in [0.1, 0.15) is 24.8 Å². The zero-order chi connectivity index (χ0) is 14.3. The first kappa shape index (κ1) is 13.7. The molecule has 20 heavy (non-hydrogen) atoms. The molecule has 0 spiro atoms. The van der Waals surface area contributed by atoms with Gasteiger partial charge in [0.15, 0.2) is 0 Å². The summed E-state index contributed by atoms with van der Waals surface area (Å²) in [6, 6.07) is 1.94. The molecular weight excluding hydrogens is 269 g/mol. The Kier molecular flexibility index (Phi) is 3.36. The number of ether oxygens (including phenoxy) is 1. The lowest BCUT2D eigenvalue weighted by Gasteiger charge is -2.31. The molecule has 3 nitrogen and oxygen atoms in total. The predicted octanol–water partition coefficient (Wildman–Crippen LogP) is 2.96. The van der Waals surface area contributed by atoms with Gasteiger partial charge < -0.3 is 4.74 Å². The smallest absolute Gasteiger partial charge is 0.418 e. The summed E-state index contributed by atoms with van der Waals surface area (Å²) in [4.78, 5) is 5.91. The third-order valence-corrected chi connectivity index (χ3v) is 4.55. The molecule has 1 aliphatic heterocycles. The quantitative estimate of drug-likeness (QED) is 0.854. The first-order chi connectivity index (χ1) is 9.45. The largest absolute Gasteiger partial charge is 0.490 e. The van der Waals surface area contributed by atoms with Crippen molar-refractivity contribution in [3.63, 3.8) is 0 Å². The lowest BCUT2D eigenvalue weighted by Crippen LogP contribution is -2.41. The molecule has 2 bridgehead atoms. The molecule has 0 radical (unpaired) electrons. The minimum Gasteiger partial charge on any atom is -0.490 e. The Bertz CT molecular complexity index is 490. The number of likely N-dealkylation sites (N-methyl/N-ethyl adjacent to an activating group) is 1. The van der Waals surface area contributed by atoms with Crippen molar-refractivity contribution in [3.8, 4) is 5.75 Å². The standard InChI is InChI=1S/C14H17F3N2O/c1-19-11-3-2-9(4-11)13(19)8-20-12-5-10(6-18-7-12)14(15,16)17/h5-7,9,11,13H,2-4,8H2,1H3. The van der Waals surface area contributed by atoms with Gasteiger partial charge in [-0.2, -0.15) is 13.2 Å². The van der Waals surface area contributed by atoms with Gasteiger partial charge in [-0.15, -0.1) is 0 Å². The van der Waals surface area contributed by atoms with Crippen LogP contribution in [0.4, 0.5) is 13.2 Å². The zero-order valence-electron chi connectivity index (χ0n) is 11.2. The normalized spacial score (nSPS) is 29.9.